The molecule has 10 heteroatoms. The molecule has 1 saturated heterocycles. The first-order valence-electron chi connectivity index (χ1n) is 13.7. The van der Waals surface area contributed by atoms with Gasteiger partial charge in [0, 0.05) is 28.6 Å². The van der Waals surface area contributed by atoms with Gasteiger partial charge in [-0.15, -0.1) is 0 Å². The topological polar surface area (TPSA) is 137 Å². The Hall–Kier alpha value is -5.51. The lowest BCUT2D eigenvalue weighted by atomic mass is 9.85. The molecule has 2 atom stereocenters. The summed E-state index contributed by atoms with van der Waals surface area (Å²) in [6, 6.07) is 19.0. The van der Waals surface area contributed by atoms with E-state index in [2.05, 4.69) is 0 Å². The number of nitrogens with zero attached hydrogens (tertiary/aromatic N) is 3. The first kappa shape index (κ1) is 27.6. The minimum Gasteiger partial charge on any atom is -0.454 e. The highest BCUT2D eigenvalue weighted by Gasteiger charge is 2.47. The lowest BCUT2D eigenvalue weighted by molar-refractivity contribution is -0.384. The van der Waals surface area contributed by atoms with Crippen molar-refractivity contribution in [3.8, 4) is 11.3 Å². The molecule has 1 aromatic heterocycles. The molecule has 0 radical (unpaired) electrons. The van der Waals surface area contributed by atoms with Crippen LogP contribution in [0.15, 0.2) is 84.9 Å². The predicted octanol–water partition coefficient (Wildman–Crippen LogP) is 5.61. The Labute approximate surface area is 245 Å². The van der Waals surface area contributed by atoms with Gasteiger partial charge in [-0.05, 0) is 43.5 Å². The number of fused-ring (bicyclic) bond motifs is 2. The van der Waals surface area contributed by atoms with Crippen molar-refractivity contribution >= 4 is 45.8 Å². The molecule has 2 amide bonds. The Morgan fingerprint density at radius 1 is 0.953 bits per heavy atom. The molecule has 1 fully saturated rings. The number of allylic oxidation sites excluding steroid dienone is 2. The Balaban J connectivity index is 1.28. The van der Waals surface area contributed by atoms with E-state index >= 15 is 0 Å². The quantitative estimate of drug-likeness (QED) is 0.0692. The molecular formula is C33H25N3O7. The molecule has 2 heterocycles. The summed E-state index contributed by atoms with van der Waals surface area (Å²) >= 11 is 0. The molecule has 0 saturated carbocycles. The van der Waals surface area contributed by atoms with Crippen LogP contribution in [0.2, 0.25) is 0 Å². The number of aromatic nitrogens is 1. The van der Waals surface area contributed by atoms with Crippen molar-refractivity contribution < 1.29 is 28.8 Å². The maximum atomic E-state index is 13.3. The second-order valence-corrected chi connectivity index (χ2v) is 10.5. The van der Waals surface area contributed by atoms with Gasteiger partial charge in [-0.2, -0.15) is 0 Å². The van der Waals surface area contributed by atoms with E-state index in [0.29, 0.717) is 40.7 Å². The smallest absolute Gasteiger partial charge is 0.339 e. The number of hydrogen-bond acceptors (Lipinski definition) is 8. The van der Waals surface area contributed by atoms with Crippen LogP contribution in [-0.4, -0.2) is 40.1 Å². The number of anilines is 1. The Kier molecular flexibility index (Phi) is 7.11. The highest BCUT2D eigenvalue weighted by molar-refractivity contribution is 6.22. The van der Waals surface area contributed by atoms with E-state index in [1.54, 1.807) is 42.5 Å². The van der Waals surface area contributed by atoms with Crippen LogP contribution in [0.4, 0.5) is 11.4 Å². The molecular weight excluding hydrogens is 550 g/mol. The predicted molar refractivity (Wildman–Crippen MR) is 157 cm³/mol. The second kappa shape index (κ2) is 11.1. The van der Waals surface area contributed by atoms with Gasteiger partial charge in [-0.3, -0.25) is 29.4 Å². The summed E-state index contributed by atoms with van der Waals surface area (Å²) in [7, 11) is 0. The van der Waals surface area contributed by atoms with Crippen molar-refractivity contribution in [2.45, 2.75) is 19.8 Å². The minimum absolute atomic E-state index is 0.0590. The number of rotatable bonds is 7. The number of hydrogen-bond donors (Lipinski definition) is 0. The monoisotopic (exact) mass is 575 g/mol. The lowest BCUT2D eigenvalue weighted by Crippen LogP contribution is -2.30. The van der Waals surface area contributed by atoms with E-state index in [0.717, 1.165) is 11.6 Å². The number of carbonyl (C=O) groups is 4. The van der Waals surface area contributed by atoms with Crippen molar-refractivity contribution in [3.05, 3.63) is 112 Å². The fourth-order valence-electron chi connectivity index (χ4n) is 5.63. The normalized spacial score (nSPS) is 17.7. The number of pyridine rings is 1. The zero-order valence-electron chi connectivity index (χ0n) is 23.1. The summed E-state index contributed by atoms with van der Waals surface area (Å²) in [5.74, 6) is -2.39. The Morgan fingerprint density at radius 2 is 1.63 bits per heavy atom. The third kappa shape index (κ3) is 5.07. The highest BCUT2D eigenvalue weighted by atomic mass is 16.6. The highest BCUT2D eigenvalue weighted by Crippen LogP contribution is 2.38. The van der Waals surface area contributed by atoms with E-state index in [1.807, 2.05) is 25.1 Å². The minimum atomic E-state index is -0.751. The number of para-hydroxylation sites is 1. The molecule has 0 N–H and O–H groups in total. The third-order valence-corrected chi connectivity index (χ3v) is 7.90. The second-order valence-electron chi connectivity index (χ2n) is 10.5. The SMILES string of the molecule is Cc1cccc2c(C(=O)OCC(=O)c3cccc([N+](=O)[O-])c3)cc(-c3ccc(N4C(=O)C5CC=CCC5C4=O)cc3)nc12. The number of ether oxygens (including phenoxy) is 1. The summed E-state index contributed by atoms with van der Waals surface area (Å²) < 4.78 is 5.37. The van der Waals surface area contributed by atoms with Crippen molar-refractivity contribution in [3.63, 3.8) is 0 Å². The van der Waals surface area contributed by atoms with Crippen molar-refractivity contribution in [2.24, 2.45) is 11.8 Å². The molecule has 10 nitrogen and oxygen atoms in total. The van der Waals surface area contributed by atoms with Gasteiger partial charge >= 0.3 is 5.97 Å². The number of aryl methyl sites for hydroxylation is 1. The van der Waals surface area contributed by atoms with Gasteiger partial charge in [0.15, 0.2) is 6.61 Å². The number of amides is 2. The van der Waals surface area contributed by atoms with Crippen LogP contribution in [0.3, 0.4) is 0 Å². The van der Waals surface area contributed by atoms with Gasteiger partial charge in [-0.25, -0.2) is 9.78 Å². The van der Waals surface area contributed by atoms with Crippen molar-refractivity contribution in [1.29, 1.82) is 0 Å². The largest absolute Gasteiger partial charge is 0.454 e. The maximum absolute atomic E-state index is 13.3. The zero-order chi connectivity index (χ0) is 30.2. The van der Waals surface area contributed by atoms with Gasteiger partial charge in [0.05, 0.1) is 39.2 Å². The van der Waals surface area contributed by atoms with Gasteiger partial charge < -0.3 is 4.74 Å². The number of non-ortho nitro benzene ring substituents is 1. The maximum Gasteiger partial charge on any atom is 0.339 e. The molecule has 2 aliphatic rings. The summed E-state index contributed by atoms with van der Waals surface area (Å²) in [5, 5.41) is 11.6. The van der Waals surface area contributed by atoms with Crippen LogP contribution < -0.4 is 4.90 Å². The first-order valence-corrected chi connectivity index (χ1v) is 13.7. The molecule has 1 aliphatic heterocycles. The summed E-state index contributed by atoms with van der Waals surface area (Å²) in [6.07, 6.45) is 5.00. The van der Waals surface area contributed by atoms with Gasteiger partial charge in [0.2, 0.25) is 17.6 Å². The van der Waals surface area contributed by atoms with Crippen molar-refractivity contribution in [1.82, 2.24) is 4.98 Å². The number of nitro benzene ring substituents is 1. The summed E-state index contributed by atoms with van der Waals surface area (Å²) in [5.41, 5.74) is 2.99. The average molecular weight is 576 g/mol. The van der Waals surface area contributed by atoms with Gasteiger partial charge in [0.25, 0.3) is 5.69 Å². The van der Waals surface area contributed by atoms with Gasteiger partial charge in [0.1, 0.15) is 0 Å². The molecule has 43 heavy (non-hydrogen) atoms. The van der Waals surface area contributed by atoms with E-state index in [9.17, 15) is 29.3 Å². The molecule has 0 spiro atoms. The Bertz CT molecular complexity index is 1840. The number of benzene rings is 3. The van der Waals surface area contributed by atoms with E-state index in [1.165, 1.54) is 23.1 Å². The molecule has 6 rings (SSSR count). The molecule has 214 valence electrons. The number of nitro groups is 1. The number of imide groups is 1. The summed E-state index contributed by atoms with van der Waals surface area (Å²) in [4.78, 5) is 68.5. The van der Waals surface area contributed by atoms with Crippen LogP contribution in [0, 0.1) is 28.9 Å². The molecule has 3 aromatic carbocycles. The van der Waals surface area contributed by atoms with Crippen LogP contribution in [0.5, 0.6) is 0 Å². The van der Waals surface area contributed by atoms with Crippen molar-refractivity contribution in [2.75, 3.05) is 11.5 Å². The number of ketones is 1. The molecule has 2 unspecified atom stereocenters. The molecule has 4 aromatic rings. The van der Waals surface area contributed by atoms with E-state index < -0.39 is 23.3 Å². The van der Waals surface area contributed by atoms with E-state index in [4.69, 9.17) is 9.72 Å². The fourth-order valence-corrected chi connectivity index (χ4v) is 5.63. The van der Waals surface area contributed by atoms with Crippen LogP contribution in [0.1, 0.15) is 39.1 Å². The van der Waals surface area contributed by atoms with E-state index in [-0.39, 0.29) is 40.5 Å². The fraction of sp³-hybridized carbons (Fsp3) is 0.182. The van der Waals surface area contributed by atoms with Crippen LogP contribution in [0.25, 0.3) is 22.2 Å². The number of esters is 1. The molecule has 1 aliphatic carbocycles. The Morgan fingerprint density at radius 3 is 2.30 bits per heavy atom. The zero-order valence-corrected chi connectivity index (χ0v) is 23.1. The third-order valence-electron chi connectivity index (χ3n) is 7.90. The lowest BCUT2D eigenvalue weighted by Gasteiger charge is -2.16. The molecule has 0 bridgehead atoms. The van der Waals surface area contributed by atoms with Crippen LogP contribution in [-0.2, 0) is 14.3 Å². The first-order chi connectivity index (χ1) is 20.7. The average Bonchev–Trinajstić information content (AvgIpc) is 3.28. The number of carbonyl (C=O) groups excluding carboxylic acids is 4. The number of Topliss-reactive ketones (excluding diaryl/α,β-unsaturated/α-hetero) is 1. The standard InChI is InChI=1S/C33H25N3O7/c1-19-6-4-11-24-27(33(40)43-18-29(37)21-7-5-8-23(16-21)36(41)42)17-28(34-30(19)24)20-12-14-22(15-13-20)35-31(38)25-9-2-3-10-26(25)32(35)39/h2-8,11-17,25-26H,9-10,18H2,1H3. The summed E-state index contributed by atoms with van der Waals surface area (Å²) in [6.45, 7) is 1.26. The van der Waals surface area contributed by atoms with Gasteiger partial charge in [-0.1, -0.05) is 54.6 Å². The van der Waals surface area contributed by atoms with Crippen LogP contribution >= 0.6 is 0 Å².